The second-order valence-corrected chi connectivity index (χ2v) is 6.97. The van der Waals surface area contributed by atoms with Crippen LogP contribution in [-0.4, -0.2) is 48.6 Å². The van der Waals surface area contributed by atoms with Gasteiger partial charge in [0.15, 0.2) is 5.13 Å². The van der Waals surface area contributed by atoms with Crippen molar-refractivity contribution in [2.45, 2.75) is 25.3 Å². The van der Waals surface area contributed by atoms with Gasteiger partial charge in [-0.25, -0.2) is 4.98 Å². The van der Waals surface area contributed by atoms with E-state index in [-0.39, 0.29) is 5.91 Å². The molecule has 0 bridgehead atoms. The number of carbonyl (C=O) groups excluding carboxylic acids is 1. The molecule has 1 N–H and O–H groups in total. The Bertz CT molecular complexity index is 651. The Balaban J connectivity index is 1.50. The van der Waals surface area contributed by atoms with Crippen molar-refractivity contribution in [2.75, 3.05) is 32.1 Å². The van der Waals surface area contributed by atoms with E-state index in [1.807, 2.05) is 29.3 Å². The van der Waals surface area contributed by atoms with Crippen LogP contribution in [0.3, 0.4) is 0 Å². The van der Waals surface area contributed by atoms with Crippen LogP contribution in [0.25, 0.3) is 10.4 Å². The summed E-state index contributed by atoms with van der Waals surface area (Å²) in [5, 5.41) is 4.47. The minimum atomic E-state index is 0.191. The maximum Gasteiger partial charge on any atom is 0.224 e. The number of nitrogens with one attached hydrogen (secondary N) is 1. The van der Waals surface area contributed by atoms with Crippen molar-refractivity contribution in [2.24, 2.45) is 0 Å². The lowest BCUT2D eigenvalue weighted by Gasteiger charge is -2.32. The van der Waals surface area contributed by atoms with Gasteiger partial charge in [0.1, 0.15) is 0 Å². The minimum absolute atomic E-state index is 0.191. The minimum Gasteiger partial charge on any atom is -0.384 e. The first-order valence-corrected chi connectivity index (χ1v) is 9.12. The summed E-state index contributed by atoms with van der Waals surface area (Å²) in [6.45, 7) is 2.10. The predicted molar refractivity (Wildman–Crippen MR) is 97.3 cm³/mol. The largest absolute Gasteiger partial charge is 0.384 e. The van der Waals surface area contributed by atoms with Gasteiger partial charge >= 0.3 is 0 Å². The first kappa shape index (κ1) is 16.9. The molecule has 2 aromatic rings. The van der Waals surface area contributed by atoms with E-state index in [1.165, 1.54) is 10.4 Å². The van der Waals surface area contributed by atoms with Crippen molar-refractivity contribution in [1.29, 1.82) is 0 Å². The molecular formula is C18H23N3O2S. The highest BCUT2D eigenvalue weighted by atomic mass is 32.1. The van der Waals surface area contributed by atoms with Gasteiger partial charge in [0.2, 0.25) is 5.91 Å². The molecule has 2 heterocycles. The first-order chi connectivity index (χ1) is 11.8. The number of amides is 1. The van der Waals surface area contributed by atoms with Crippen LogP contribution in [0, 0.1) is 0 Å². The van der Waals surface area contributed by atoms with Crippen molar-refractivity contribution < 1.29 is 9.53 Å². The molecule has 1 aliphatic rings. The number of hydrogen-bond acceptors (Lipinski definition) is 5. The third kappa shape index (κ3) is 4.33. The van der Waals surface area contributed by atoms with Crippen LogP contribution in [0.15, 0.2) is 36.5 Å². The Hall–Kier alpha value is -1.92. The molecule has 0 spiro atoms. The molecule has 0 aliphatic carbocycles. The van der Waals surface area contributed by atoms with Crippen LogP contribution in [0.5, 0.6) is 0 Å². The fraction of sp³-hybridized carbons (Fsp3) is 0.444. The summed E-state index contributed by atoms with van der Waals surface area (Å²) in [7, 11) is 1.63. The number of ether oxygens (including phenoxy) is 1. The van der Waals surface area contributed by atoms with E-state index in [0.717, 1.165) is 31.1 Å². The van der Waals surface area contributed by atoms with Crippen molar-refractivity contribution in [3.63, 3.8) is 0 Å². The van der Waals surface area contributed by atoms with Crippen LogP contribution < -0.4 is 5.32 Å². The SMILES string of the molecule is COCCC(=O)N1CCC(Nc2ncc(-c3ccccc3)s2)CC1. The molecule has 0 unspecified atom stereocenters. The topological polar surface area (TPSA) is 54.5 Å². The molecule has 1 aromatic heterocycles. The lowest BCUT2D eigenvalue weighted by atomic mass is 10.1. The van der Waals surface area contributed by atoms with E-state index in [4.69, 9.17) is 4.74 Å². The molecule has 1 aromatic carbocycles. The molecule has 3 rings (SSSR count). The quantitative estimate of drug-likeness (QED) is 0.873. The Kier molecular flexibility index (Phi) is 5.82. The first-order valence-electron chi connectivity index (χ1n) is 8.31. The van der Waals surface area contributed by atoms with E-state index < -0.39 is 0 Å². The fourth-order valence-corrected chi connectivity index (χ4v) is 3.77. The van der Waals surface area contributed by atoms with Crippen molar-refractivity contribution in [3.8, 4) is 10.4 Å². The third-order valence-corrected chi connectivity index (χ3v) is 5.24. The molecule has 1 aliphatic heterocycles. The molecule has 6 heteroatoms. The van der Waals surface area contributed by atoms with Crippen LogP contribution in [0.4, 0.5) is 5.13 Å². The molecule has 1 saturated heterocycles. The molecular weight excluding hydrogens is 322 g/mol. The lowest BCUT2D eigenvalue weighted by molar-refractivity contribution is -0.133. The number of anilines is 1. The van der Waals surface area contributed by atoms with Gasteiger partial charge in [-0.05, 0) is 18.4 Å². The molecule has 0 saturated carbocycles. The van der Waals surface area contributed by atoms with Gasteiger partial charge in [0.05, 0.1) is 17.9 Å². The van der Waals surface area contributed by atoms with Crippen LogP contribution in [0.2, 0.25) is 0 Å². The number of piperidine rings is 1. The zero-order valence-electron chi connectivity index (χ0n) is 13.9. The van der Waals surface area contributed by atoms with Gasteiger partial charge in [-0.15, -0.1) is 0 Å². The molecule has 1 amide bonds. The Morgan fingerprint density at radius 3 is 2.79 bits per heavy atom. The smallest absolute Gasteiger partial charge is 0.224 e. The molecule has 5 nitrogen and oxygen atoms in total. The van der Waals surface area contributed by atoms with E-state index >= 15 is 0 Å². The van der Waals surface area contributed by atoms with E-state index in [0.29, 0.717) is 19.1 Å². The maximum atomic E-state index is 12.0. The third-order valence-electron chi connectivity index (χ3n) is 4.26. The zero-order chi connectivity index (χ0) is 16.8. The van der Waals surface area contributed by atoms with Gasteiger partial charge < -0.3 is 15.0 Å². The summed E-state index contributed by atoms with van der Waals surface area (Å²) in [5.41, 5.74) is 1.20. The summed E-state index contributed by atoms with van der Waals surface area (Å²) < 4.78 is 4.98. The van der Waals surface area contributed by atoms with Gasteiger partial charge in [-0.3, -0.25) is 4.79 Å². The number of rotatable bonds is 6. The summed E-state index contributed by atoms with van der Waals surface area (Å²) >= 11 is 1.68. The monoisotopic (exact) mass is 345 g/mol. The van der Waals surface area contributed by atoms with Gasteiger partial charge in [0, 0.05) is 32.4 Å². The average molecular weight is 345 g/mol. The highest BCUT2D eigenvalue weighted by molar-refractivity contribution is 7.18. The molecule has 0 atom stereocenters. The maximum absolute atomic E-state index is 12.0. The number of nitrogens with zero attached hydrogens (tertiary/aromatic N) is 2. The standard InChI is InChI=1S/C18H23N3O2S/c1-23-12-9-17(22)21-10-7-15(8-11-21)20-18-19-13-16(24-18)14-5-3-2-4-6-14/h2-6,13,15H,7-12H2,1H3,(H,19,20). The van der Waals surface area contributed by atoms with Gasteiger partial charge in [-0.2, -0.15) is 0 Å². The molecule has 1 fully saturated rings. The van der Waals surface area contributed by atoms with Gasteiger partial charge in [0.25, 0.3) is 0 Å². The highest BCUT2D eigenvalue weighted by Crippen LogP contribution is 2.29. The second kappa shape index (κ2) is 8.26. The average Bonchev–Trinajstić information content (AvgIpc) is 3.09. The van der Waals surface area contributed by atoms with Crippen molar-refractivity contribution >= 4 is 22.4 Å². The summed E-state index contributed by atoms with van der Waals surface area (Å²) in [6, 6.07) is 10.7. The Labute approximate surface area is 146 Å². The summed E-state index contributed by atoms with van der Waals surface area (Å²) in [6.07, 6.45) is 4.31. The molecule has 128 valence electrons. The second-order valence-electron chi connectivity index (χ2n) is 5.94. The number of likely N-dealkylation sites (tertiary alicyclic amines) is 1. The number of thiazole rings is 1. The predicted octanol–water partition coefficient (Wildman–Crippen LogP) is 3.25. The van der Waals surface area contributed by atoms with Crippen LogP contribution >= 0.6 is 11.3 Å². The number of benzene rings is 1. The number of hydrogen-bond donors (Lipinski definition) is 1. The Morgan fingerprint density at radius 1 is 1.33 bits per heavy atom. The van der Waals surface area contributed by atoms with Crippen LogP contribution in [-0.2, 0) is 9.53 Å². The number of aromatic nitrogens is 1. The molecule has 24 heavy (non-hydrogen) atoms. The zero-order valence-corrected chi connectivity index (χ0v) is 14.7. The normalized spacial score (nSPS) is 15.5. The fourth-order valence-electron chi connectivity index (χ4n) is 2.87. The summed E-state index contributed by atoms with van der Waals surface area (Å²) in [4.78, 5) is 19.6. The van der Waals surface area contributed by atoms with Crippen LogP contribution in [0.1, 0.15) is 19.3 Å². The van der Waals surface area contributed by atoms with E-state index in [1.54, 1.807) is 18.4 Å². The number of methoxy groups -OCH3 is 1. The van der Waals surface area contributed by atoms with Crippen molar-refractivity contribution in [3.05, 3.63) is 36.5 Å². The van der Waals surface area contributed by atoms with Gasteiger partial charge in [-0.1, -0.05) is 41.7 Å². The molecule has 0 radical (unpaired) electrons. The number of carbonyl (C=O) groups is 1. The summed E-state index contributed by atoms with van der Waals surface area (Å²) in [5.74, 6) is 0.191. The Morgan fingerprint density at radius 2 is 2.08 bits per heavy atom. The van der Waals surface area contributed by atoms with E-state index in [9.17, 15) is 4.79 Å². The lowest BCUT2D eigenvalue weighted by Crippen LogP contribution is -2.42. The highest BCUT2D eigenvalue weighted by Gasteiger charge is 2.23. The van der Waals surface area contributed by atoms with Crippen molar-refractivity contribution in [1.82, 2.24) is 9.88 Å². The van der Waals surface area contributed by atoms with E-state index in [2.05, 4.69) is 22.4 Å².